The van der Waals surface area contributed by atoms with Crippen LogP contribution < -0.4 is 5.11 Å². The summed E-state index contributed by atoms with van der Waals surface area (Å²) in [5.74, 6) is -1.10. The van der Waals surface area contributed by atoms with Crippen molar-refractivity contribution >= 4 is 27.4 Å². The van der Waals surface area contributed by atoms with Gasteiger partial charge >= 0.3 is 0 Å². The predicted octanol–water partition coefficient (Wildman–Crippen LogP) is 1.26. The molecule has 0 aliphatic rings. The first-order chi connectivity index (χ1) is 5.79. The lowest BCUT2D eigenvalue weighted by Crippen LogP contribution is -2.21. The number of thiophene rings is 1. The van der Waals surface area contributed by atoms with E-state index in [-0.39, 0.29) is 5.56 Å². The summed E-state index contributed by atoms with van der Waals surface area (Å²) in [5.41, 5.74) is 0.288. The highest BCUT2D eigenvalue weighted by Gasteiger charge is 2.02. The Kier molecular flexibility index (Phi) is 1.59. The molecule has 60 valence electrons. The fourth-order valence-corrected chi connectivity index (χ4v) is 2.07. The number of carbonyl (C=O) groups excluding carboxylic acids is 1. The zero-order valence-corrected chi connectivity index (χ0v) is 6.93. The number of carboxylic acids is 1. The van der Waals surface area contributed by atoms with Crippen LogP contribution in [0.3, 0.4) is 0 Å². The maximum atomic E-state index is 10.6. The van der Waals surface area contributed by atoms with Crippen LogP contribution in [0.5, 0.6) is 0 Å². The molecule has 3 heteroatoms. The third-order valence-corrected chi connectivity index (χ3v) is 2.66. The largest absolute Gasteiger partial charge is 0.545 e. The molecule has 0 aliphatic heterocycles. The van der Waals surface area contributed by atoms with Gasteiger partial charge in [-0.15, -0.1) is 11.3 Å². The first-order valence-electron chi connectivity index (χ1n) is 3.46. The minimum absolute atomic E-state index is 0.288. The summed E-state index contributed by atoms with van der Waals surface area (Å²) in [6, 6.07) is 7.39. The van der Waals surface area contributed by atoms with Crippen LogP contribution in [0.1, 0.15) is 10.4 Å². The summed E-state index contributed by atoms with van der Waals surface area (Å²) in [6.45, 7) is 0. The summed E-state index contributed by atoms with van der Waals surface area (Å²) < 4.78 is 0.983. The van der Waals surface area contributed by atoms with Crippen LogP contribution in [0, 0.1) is 0 Å². The zero-order chi connectivity index (χ0) is 8.55. The smallest absolute Gasteiger partial charge is 0.0729 e. The Morgan fingerprint density at radius 3 is 2.83 bits per heavy atom. The minimum atomic E-state index is -1.10. The van der Waals surface area contributed by atoms with E-state index in [0.717, 1.165) is 10.1 Å². The van der Waals surface area contributed by atoms with Crippen LogP contribution in [0.15, 0.2) is 29.6 Å². The normalized spacial score (nSPS) is 10.3. The van der Waals surface area contributed by atoms with E-state index in [1.807, 2.05) is 18.2 Å². The van der Waals surface area contributed by atoms with E-state index in [2.05, 4.69) is 0 Å². The number of benzene rings is 1. The van der Waals surface area contributed by atoms with Crippen molar-refractivity contribution in [2.45, 2.75) is 0 Å². The van der Waals surface area contributed by atoms with Crippen molar-refractivity contribution in [3.05, 3.63) is 35.2 Å². The Bertz CT molecular complexity index is 431. The lowest BCUT2D eigenvalue weighted by atomic mass is 10.2. The van der Waals surface area contributed by atoms with Gasteiger partial charge in [0.05, 0.1) is 5.97 Å². The molecular formula is C9H5O2S-. The van der Waals surface area contributed by atoms with Gasteiger partial charge in [0.25, 0.3) is 0 Å². The highest BCUT2D eigenvalue weighted by atomic mass is 32.1. The van der Waals surface area contributed by atoms with E-state index in [1.54, 1.807) is 11.4 Å². The second kappa shape index (κ2) is 2.60. The van der Waals surface area contributed by atoms with E-state index < -0.39 is 5.97 Å². The molecule has 2 rings (SSSR count). The van der Waals surface area contributed by atoms with E-state index >= 15 is 0 Å². The number of carbonyl (C=O) groups is 1. The van der Waals surface area contributed by atoms with E-state index in [4.69, 9.17) is 0 Å². The minimum Gasteiger partial charge on any atom is -0.545 e. The van der Waals surface area contributed by atoms with Gasteiger partial charge in [-0.3, -0.25) is 0 Å². The molecule has 0 fully saturated rings. The SMILES string of the molecule is O=C([O-])c1csc2ccccc12. The molecule has 0 N–H and O–H groups in total. The van der Waals surface area contributed by atoms with Gasteiger partial charge in [-0.2, -0.15) is 0 Å². The van der Waals surface area contributed by atoms with Crippen molar-refractivity contribution in [1.82, 2.24) is 0 Å². The van der Waals surface area contributed by atoms with Gasteiger partial charge in [0.1, 0.15) is 0 Å². The van der Waals surface area contributed by atoms with Gasteiger partial charge in [-0.1, -0.05) is 18.2 Å². The van der Waals surface area contributed by atoms with Crippen molar-refractivity contribution in [3.63, 3.8) is 0 Å². The molecule has 0 saturated carbocycles. The number of rotatable bonds is 1. The van der Waals surface area contributed by atoms with Crippen molar-refractivity contribution in [3.8, 4) is 0 Å². The molecule has 2 aromatic rings. The van der Waals surface area contributed by atoms with Gasteiger partial charge in [0.2, 0.25) is 0 Å². The Morgan fingerprint density at radius 2 is 2.08 bits per heavy atom. The van der Waals surface area contributed by atoms with Crippen molar-refractivity contribution in [2.24, 2.45) is 0 Å². The van der Waals surface area contributed by atoms with Gasteiger partial charge in [0, 0.05) is 21.0 Å². The van der Waals surface area contributed by atoms with Crippen LogP contribution in [-0.4, -0.2) is 5.97 Å². The van der Waals surface area contributed by atoms with Crippen LogP contribution in [-0.2, 0) is 0 Å². The van der Waals surface area contributed by atoms with Crippen LogP contribution in [0.25, 0.3) is 10.1 Å². The Labute approximate surface area is 73.1 Å². The number of aromatic carboxylic acids is 1. The molecule has 0 amide bonds. The topological polar surface area (TPSA) is 40.1 Å². The standard InChI is InChI=1S/C9H6O2S/c10-9(11)7-5-12-8-4-2-1-3-6(7)8/h1-5H,(H,10,11)/p-1. The summed E-state index contributed by atoms with van der Waals surface area (Å²) in [5, 5.41) is 12.9. The van der Waals surface area contributed by atoms with Crippen LogP contribution in [0.2, 0.25) is 0 Å². The molecule has 0 unspecified atom stereocenters. The molecule has 2 nitrogen and oxygen atoms in total. The molecule has 0 spiro atoms. The highest BCUT2D eigenvalue weighted by Crippen LogP contribution is 2.24. The lowest BCUT2D eigenvalue weighted by Gasteiger charge is -1.97. The zero-order valence-electron chi connectivity index (χ0n) is 6.11. The Hall–Kier alpha value is -1.35. The van der Waals surface area contributed by atoms with E-state index in [9.17, 15) is 9.90 Å². The number of hydrogen-bond acceptors (Lipinski definition) is 3. The molecule has 1 heterocycles. The maximum absolute atomic E-state index is 10.6. The lowest BCUT2D eigenvalue weighted by molar-refractivity contribution is -0.254. The van der Waals surface area contributed by atoms with Gasteiger partial charge in [-0.25, -0.2) is 0 Å². The number of carboxylic acid groups (broad SMARTS) is 1. The van der Waals surface area contributed by atoms with Gasteiger partial charge < -0.3 is 9.90 Å². The number of fused-ring (bicyclic) bond motifs is 1. The first-order valence-corrected chi connectivity index (χ1v) is 4.34. The first kappa shape index (κ1) is 7.31. The van der Waals surface area contributed by atoms with Gasteiger partial charge in [0.15, 0.2) is 0 Å². The molecular weight excluding hydrogens is 172 g/mol. The molecule has 0 atom stereocenters. The van der Waals surface area contributed by atoms with Crippen LogP contribution >= 0.6 is 11.3 Å². The highest BCUT2D eigenvalue weighted by molar-refractivity contribution is 7.17. The maximum Gasteiger partial charge on any atom is 0.0729 e. The van der Waals surface area contributed by atoms with Crippen molar-refractivity contribution < 1.29 is 9.90 Å². The fraction of sp³-hybridized carbons (Fsp3) is 0. The van der Waals surface area contributed by atoms with E-state index in [0.29, 0.717) is 0 Å². The third kappa shape index (κ3) is 0.987. The average molecular weight is 177 g/mol. The van der Waals surface area contributed by atoms with Crippen molar-refractivity contribution in [1.29, 1.82) is 0 Å². The predicted molar refractivity (Wildman–Crippen MR) is 46.2 cm³/mol. The second-order valence-corrected chi connectivity index (χ2v) is 3.34. The van der Waals surface area contributed by atoms with Crippen LogP contribution in [0.4, 0.5) is 0 Å². The molecule has 0 saturated heterocycles. The average Bonchev–Trinajstić information content (AvgIpc) is 2.47. The Balaban J connectivity index is 2.79. The summed E-state index contributed by atoms with van der Waals surface area (Å²) in [4.78, 5) is 10.6. The molecule has 0 aliphatic carbocycles. The van der Waals surface area contributed by atoms with Crippen molar-refractivity contribution in [2.75, 3.05) is 0 Å². The molecule has 1 aromatic heterocycles. The summed E-state index contributed by atoms with van der Waals surface area (Å²) in [7, 11) is 0. The van der Waals surface area contributed by atoms with Gasteiger partial charge in [-0.05, 0) is 6.07 Å². The number of hydrogen-bond donors (Lipinski definition) is 0. The molecule has 1 aromatic carbocycles. The summed E-state index contributed by atoms with van der Waals surface area (Å²) >= 11 is 1.42. The molecule has 12 heavy (non-hydrogen) atoms. The molecule has 0 bridgehead atoms. The monoisotopic (exact) mass is 177 g/mol. The second-order valence-electron chi connectivity index (χ2n) is 2.43. The quantitative estimate of drug-likeness (QED) is 0.658. The summed E-state index contributed by atoms with van der Waals surface area (Å²) in [6.07, 6.45) is 0. The Morgan fingerprint density at radius 1 is 1.33 bits per heavy atom. The fourth-order valence-electron chi connectivity index (χ4n) is 1.14. The third-order valence-electron chi connectivity index (χ3n) is 1.70. The van der Waals surface area contributed by atoms with E-state index in [1.165, 1.54) is 11.3 Å². The molecule has 0 radical (unpaired) electrons.